The summed E-state index contributed by atoms with van der Waals surface area (Å²) in [6.07, 6.45) is 0.950. The van der Waals surface area contributed by atoms with Crippen molar-refractivity contribution in [3.05, 3.63) is 52.4 Å². The van der Waals surface area contributed by atoms with E-state index in [0.717, 1.165) is 5.76 Å². The van der Waals surface area contributed by atoms with Crippen molar-refractivity contribution >= 4 is 23.2 Å². The average Bonchev–Trinajstić information content (AvgIpc) is 3.00. The van der Waals surface area contributed by atoms with Gasteiger partial charge in [0.05, 0.1) is 17.3 Å². The quantitative estimate of drug-likeness (QED) is 0.813. The molecule has 21 heavy (non-hydrogen) atoms. The summed E-state index contributed by atoms with van der Waals surface area (Å²) >= 11 is 11.8. The predicted octanol–water partition coefficient (Wildman–Crippen LogP) is 3.68. The van der Waals surface area contributed by atoms with Gasteiger partial charge in [-0.25, -0.2) is 0 Å². The van der Waals surface area contributed by atoms with Crippen LogP contribution in [0.1, 0.15) is 18.7 Å². The number of ether oxygens (including phenoxy) is 1. The lowest BCUT2D eigenvalue weighted by Gasteiger charge is -2.16. The van der Waals surface area contributed by atoms with Crippen molar-refractivity contribution in [1.82, 2.24) is 5.32 Å². The summed E-state index contributed by atoms with van der Waals surface area (Å²) in [6.45, 7) is 2.46. The standard InChI is InChI=1S/C15H17Cl2NO3/c1-10(14-3-2-6-20-14)18-8-12(19)9-21-15-7-11(16)4-5-13(15)17/h2-7,10,12,18-19H,8-9H2,1H3/t10-,12?/m0/s1. The van der Waals surface area contributed by atoms with Gasteiger partial charge in [-0.3, -0.25) is 0 Å². The Labute approximate surface area is 133 Å². The van der Waals surface area contributed by atoms with Crippen molar-refractivity contribution < 1.29 is 14.3 Å². The molecule has 2 N–H and O–H groups in total. The predicted molar refractivity (Wildman–Crippen MR) is 83.1 cm³/mol. The number of aliphatic hydroxyl groups is 1. The first-order valence-electron chi connectivity index (χ1n) is 6.59. The van der Waals surface area contributed by atoms with Crippen molar-refractivity contribution in [1.29, 1.82) is 0 Å². The van der Waals surface area contributed by atoms with Gasteiger partial charge < -0.3 is 19.6 Å². The molecule has 0 aliphatic carbocycles. The molecule has 0 saturated heterocycles. The minimum Gasteiger partial charge on any atom is -0.489 e. The van der Waals surface area contributed by atoms with Gasteiger partial charge in [0, 0.05) is 17.6 Å². The molecule has 0 amide bonds. The van der Waals surface area contributed by atoms with Crippen LogP contribution < -0.4 is 10.1 Å². The second-order valence-electron chi connectivity index (χ2n) is 4.68. The van der Waals surface area contributed by atoms with Gasteiger partial charge in [0.2, 0.25) is 0 Å². The van der Waals surface area contributed by atoms with E-state index in [4.69, 9.17) is 32.4 Å². The highest BCUT2D eigenvalue weighted by molar-refractivity contribution is 6.34. The van der Waals surface area contributed by atoms with Crippen LogP contribution in [0.15, 0.2) is 41.0 Å². The van der Waals surface area contributed by atoms with Crippen molar-refractivity contribution in [3.63, 3.8) is 0 Å². The van der Waals surface area contributed by atoms with Gasteiger partial charge in [-0.1, -0.05) is 23.2 Å². The molecule has 2 rings (SSSR count). The van der Waals surface area contributed by atoms with Crippen LogP contribution in [-0.2, 0) is 0 Å². The number of benzene rings is 1. The Hall–Kier alpha value is -1.20. The van der Waals surface area contributed by atoms with Crippen LogP contribution in [0.2, 0.25) is 10.0 Å². The van der Waals surface area contributed by atoms with E-state index >= 15 is 0 Å². The van der Waals surface area contributed by atoms with E-state index in [0.29, 0.717) is 22.3 Å². The lowest BCUT2D eigenvalue weighted by atomic mass is 10.2. The third-order valence-corrected chi connectivity index (χ3v) is 3.50. The number of hydrogen-bond donors (Lipinski definition) is 2. The van der Waals surface area contributed by atoms with Crippen molar-refractivity contribution in [3.8, 4) is 5.75 Å². The Bertz CT molecular complexity index is 560. The van der Waals surface area contributed by atoms with Crippen molar-refractivity contribution in [2.24, 2.45) is 0 Å². The molecule has 0 saturated carbocycles. The van der Waals surface area contributed by atoms with Gasteiger partial charge >= 0.3 is 0 Å². The maximum Gasteiger partial charge on any atom is 0.139 e. The summed E-state index contributed by atoms with van der Waals surface area (Å²) in [4.78, 5) is 0. The molecule has 4 nitrogen and oxygen atoms in total. The first kappa shape index (κ1) is 16.2. The highest BCUT2D eigenvalue weighted by Gasteiger charge is 2.12. The zero-order valence-electron chi connectivity index (χ0n) is 11.6. The molecule has 6 heteroatoms. The van der Waals surface area contributed by atoms with Gasteiger partial charge in [-0.2, -0.15) is 0 Å². The summed E-state index contributed by atoms with van der Waals surface area (Å²) in [5.74, 6) is 1.28. The summed E-state index contributed by atoms with van der Waals surface area (Å²) in [7, 11) is 0. The third kappa shape index (κ3) is 4.93. The van der Waals surface area contributed by atoms with E-state index in [2.05, 4.69) is 5.32 Å². The van der Waals surface area contributed by atoms with E-state index in [1.165, 1.54) is 0 Å². The molecule has 0 bridgehead atoms. The van der Waals surface area contributed by atoms with Gasteiger partial charge in [0.15, 0.2) is 0 Å². The summed E-state index contributed by atoms with van der Waals surface area (Å²) in [5, 5.41) is 14.1. The number of nitrogens with one attached hydrogen (secondary N) is 1. The Morgan fingerprint density at radius 3 is 2.86 bits per heavy atom. The van der Waals surface area contributed by atoms with Crippen LogP contribution in [0, 0.1) is 0 Å². The molecule has 0 radical (unpaired) electrons. The number of hydrogen-bond acceptors (Lipinski definition) is 4. The van der Waals surface area contributed by atoms with Gasteiger partial charge in [0.1, 0.15) is 24.2 Å². The van der Waals surface area contributed by atoms with Crippen LogP contribution in [0.4, 0.5) is 0 Å². The van der Waals surface area contributed by atoms with Crippen LogP contribution in [0.3, 0.4) is 0 Å². The molecular weight excluding hydrogens is 313 g/mol. The van der Waals surface area contributed by atoms with Gasteiger partial charge in [0.25, 0.3) is 0 Å². The maximum atomic E-state index is 9.92. The van der Waals surface area contributed by atoms with E-state index in [1.807, 2.05) is 19.1 Å². The Morgan fingerprint density at radius 2 is 2.14 bits per heavy atom. The van der Waals surface area contributed by atoms with E-state index in [-0.39, 0.29) is 12.6 Å². The average molecular weight is 330 g/mol. The summed E-state index contributed by atoms with van der Waals surface area (Å²) in [6, 6.07) is 8.68. The largest absolute Gasteiger partial charge is 0.489 e. The molecule has 0 aliphatic rings. The number of halogens is 2. The number of furan rings is 1. The molecule has 114 valence electrons. The van der Waals surface area contributed by atoms with Gasteiger partial charge in [-0.15, -0.1) is 0 Å². The first-order chi connectivity index (χ1) is 10.1. The topological polar surface area (TPSA) is 54.6 Å². The third-order valence-electron chi connectivity index (χ3n) is 2.95. The minimum absolute atomic E-state index is 0.0180. The highest BCUT2D eigenvalue weighted by Crippen LogP contribution is 2.27. The molecular formula is C15H17Cl2NO3. The van der Waals surface area contributed by atoms with Crippen LogP contribution in [0.5, 0.6) is 5.75 Å². The summed E-state index contributed by atoms with van der Waals surface area (Å²) < 4.78 is 10.8. The Kier molecular flexibility index (Phi) is 5.94. The molecule has 1 unspecified atom stereocenters. The van der Waals surface area contributed by atoms with E-state index < -0.39 is 6.10 Å². The normalized spacial score (nSPS) is 13.9. The fourth-order valence-corrected chi connectivity index (χ4v) is 2.12. The zero-order chi connectivity index (χ0) is 15.2. The SMILES string of the molecule is C[C@H](NCC(O)COc1cc(Cl)ccc1Cl)c1ccco1. The Morgan fingerprint density at radius 1 is 1.33 bits per heavy atom. The van der Waals surface area contributed by atoms with E-state index in [1.54, 1.807) is 24.5 Å². The highest BCUT2D eigenvalue weighted by atomic mass is 35.5. The molecule has 1 aromatic carbocycles. The fraction of sp³-hybridized carbons (Fsp3) is 0.333. The maximum absolute atomic E-state index is 9.92. The molecule has 0 fully saturated rings. The molecule has 1 heterocycles. The fourth-order valence-electron chi connectivity index (χ4n) is 1.78. The zero-order valence-corrected chi connectivity index (χ0v) is 13.1. The number of rotatable bonds is 7. The van der Waals surface area contributed by atoms with Crippen LogP contribution >= 0.6 is 23.2 Å². The smallest absolute Gasteiger partial charge is 0.139 e. The number of aliphatic hydroxyl groups excluding tert-OH is 1. The van der Waals surface area contributed by atoms with Crippen LogP contribution in [0.25, 0.3) is 0 Å². The van der Waals surface area contributed by atoms with Crippen molar-refractivity contribution in [2.75, 3.05) is 13.2 Å². The monoisotopic (exact) mass is 329 g/mol. The molecule has 0 aliphatic heterocycles. The second-order valence-corrected chi connectivity index (χ2v) is 5.53. The van der Waals surface area contributed by atoms with Crippen molar-refractivity contribution in [2.45, 2.75) is 19.1 Å². The van der Waals surface area contributed by atoms with Gasteiger partial charge in [-0.05, 0) is 31.2 Å². The molecule has 0 spiro atoms. The molecule has 1 aromatic heterocycles. The second kappa shape index (κ2) is 7.71. The first-order valence-corrected chi connectivity index (χ1v) is 7.34. The van der Waals surface area contributed by atoms with Crippen LogP contribution in [-0.4, -0.2) is 24.4 Å². The lowest BCUT2D eigenvalue weighted by Crippen LogP contribution is -2.32. The lowest BCUT2D eigenvalue weighted by molar-refractivity contribution is 0.103. The Balaban J connectivity index is 1.77. The summed E-state index contributed by atoms with van der Waals surface area (Å²) in [5.41, 5.74) is 0. The van der Waals surface area contributed by atoms with E-state index in [9.17, 15) is 5.11 Å². The minimum atomic E-state index is -0.669. The molecule has 2 atom stereocenters. The molecule has 2 aromatic rings.